The summed E-state index contributed by atoms with van der Waals surface area (Å²) in [6.07, 6.45) is 0.574. The number of ether oxygens (including phenoxy) is 2. The van der Waals surface area contributed by atoms with E-state index in [2.05, 4.69) is 4.98 Å². The Morgan fingerprint density at radius 2 is 1.25 bits per heavy atom. The van der Waals surface area contributed by atoms with Gasteiger partial charge in [-0.25, -0.2) is 4.98 Å². The molecule has 0 radical (unpaired) electrons. The van der Waals surface area contributed by atoms with E-state index in [9.17, 15) is 19.2 Å². The summed E-state index contributed by atoms with van der Waals surface area (Å²) in [4.78, 5) is 50.4. The first-order valence-electron chi connectivity index (χ1n) is 8.84. The van der Waals surface area contributed by atoms with Crippen molar-refractivity contribution in [2.75, 3.05) is 11.5 Å². The zero-order chi connectivity index (χ0) is 21.1. The van der Waals surface area contributed by atoms with Gasteiger partial charge in [-0.05, 0) is 38.8 Å². The van der Waals surface area contributed by atoms with Crippen molar-refractivity contribution >= 4 is 45.7 Å². The Kier molecular flexibility index (Phi) is 10.8. The molecule has 0 fully saturated rings. The average Bonchev–Trinajstić information content (AvgIpc) is 2.60. The van der Waals surface area contributed by atoms with Crippen molar-refractivity contribution in [3.63, 3.8) is 0 Å². The molecule has 0 bridgehead atoms. The quantitative estimate of drug-likeness (QED) is 0.519. The van der Waals surface area contributed by atoms with Gasteiger partial charge in [-0.2, -0.15) is 0 Å². The highest BCUT2D eigenvalue weighted by Crippen LogP contribution is 2.17. The molecule has 1 heterocycles. The van der Waals surface area contributed by atoms with Gasteiger partial charge >= 0.3 is 11.9 Å². The van der Waals surface area contributed by atoms with Gasteiger partial charge in [-0.3, -0.25) is 19.2 Å². The zero-order valence-corrected chi connectivity index (χ0v) is 18.1. The minimum Gasteiger partial charge on any atom is -0.463 e. The minimum absolute atomic E-state index is 0.213. The number of aromatic nitrogens is 1. The molecular formula is C19H25NO6S2. The van der Waals surface area contributed by atoms with Crippen LogP contribution in [-0.4, -0.2) is 50.9 Å². The second-order valence-electron chi connectivity index (χ2n) is 6.10. The molecule has 1 aromatic rings. The van der Waals surface area contributed by atoms with Gasteiger partial charge in [0.15, 0.2) is 0 Å². The minimum atomic E-state index is -0.351. The Labute approximate surface area is 173 Å². The molecule has 9 heteroatoms. The molecule has 0 saturated carbocycles. The zero-order valence-electron chi connectivity index (χ0n) is 16.4. The lowest BCUT2D eigenvalue weighted by molar-refractivity contribution is -0.146. The maximum atomic E-state index is 12.3. The number of thioether (sulfide) groups is 2. The SMILES string of the molecule is CC(=O)OC(C)CCSC(=O)c1cccc(C(=O)SCCC(C)OC(C)=O)n1. The predicted octanol–water partition coefficient (Wildman–Crippen LogP) is 3.51. The lowest BCUT2D eigenvalue weighted by Crippen LogP contribution is -2.14. The van der Waals surface area contributed by atoms with E-state index in [1.807, 2.05) is 0 Å². The van der Waals surface area contributed by atoms with E-state index in [4.69, 9.17) is 9.47 Å². The predicted molar refractivity (Wildman–Crippen MR) is 110 cm³/mol. The topological polar surface area (TPSA) is 99.6 Å². The van der Waals surface area contributed by atoms with Gasteiger partial charge in [-0.1, -0.05) is 29.6 Å². The summed E-state index contributed by atoms with van der Waals surface area (Å²) < 4.78 is 10.0. The van der Waals surface area contributed by atoms with Crippen LogP contribution in [0.5, 0.6) is 0 Å². The maximum Gasteiger partial charge on any atom is 0.302 e. The van der Waals surface area contributed by atoms with Crippen molar-refractivity contribution < 1.29 is 28.7 Å². The first-order valence-corrected chi connectivity index (χ1v) is 10.8. The molecule has 0 N–H and O–H groups in total. The monoisotopic (exact) mass is 427 g/mol. The molecule has 0 aliphatic carbocycles. The van der Waals surface area contributed by atoms with Crippen LogP contribution in [0.2, 0.25) is 0 Å². The van der Waals surface area contributed by atoms with E-state index in [1.165, 1.54) is 13.8 Å². The average molecular weight is 428 g/mol. The number of hydrogen-bond acceptors (Lipinski definition) is 9. The number of pyridine rings is 1. The number of carbonyl (C=O) groups excluding carboxylic acids is 4. The van der Waals surface area contributed by atoms with Crippen molar-refractivity contribution in [1.29, 1.82) is 0 Å². The van der Waals surface area contributed by atoms with Crippen LogP contribution >= 0.6 is 23.5 Å². The molecule has 0 aromatic carbocycles. The highest BCUT2D eigenvalue weighted by atomic mass is 32.2. The van der Waals surface area contributed by atoms with Gasteiger partial charge in [0, 0.05) is 25.4 Å². The van der Waals surface area contributed by atoms with Crippen molar-refractivity contribution in [3.8, 4) is 0 Å². The van der Waals surface area contributed by atoms with Gasteiger partial charge in [0.1, 0.15) is 11.4 Å². The molecule has 1 aromatic heterocycles. The summed E-state index contributed by atoms with van der Waals surface area (Å²) in [6, 6.07) is 4.75. The molecule has 0 amide bonds. The van der Waals surface area contributed by atoms with E-state index >= 15 is 0 Å². The summed E-state index contributed by atoms with van der Waals surface area (Å²) >= 11 is 2.15. The van der Waals surface area contributed by atoms with Crippen LogP contribution in [0.4, 0.5) is 0 Å². The van der Waals surface area contributed by atoms with Crippen LogP contribution in [0.3, 0.4) is 0 Å². The van der Waals surface area contributed by atoms with Gasteiger partial charge in [-0.15, -0.1) is 0 Å². The smallest absolute Gasteiger partial charge is 0.302 e. The Balaban J connectivity index is 2.49. The van der Waals surface area contributed by atoms with Crippen LogP contribution in [0, 0.1) is 0 Å². The fourth-order valence-corrected chi connectivity index (χ4v) is 3.92. The third-order valence-corrected chi connectivity index (χ3v) is 5.24. The normalized spacial score (nSPS) is 12.7. The number of hydrogen-bond donors (Lipinski definition) is 0. The van der Waals surface area contributed by atoms with Crippen molar-refractivity contribution in [3.05, 3.63) is 29.6 Å². The van der Waals surface area contributed by atoms with Crippen molar-refractivity contribution in [1.82, 2.24) is 4.98 Å². The molecule has 2 unspecified atom stereocenters. The first-order chi connectivity index (χ1) is 13.2. The first kappa shape index (κ1) is 24.2. The summed E-state index contributed by atoms with van der Waals surface area (Å²) in [6.45, 7) is 6.22. The van der Waals surface area contributed by atoms with Crippen LogP contribution in [-0.2, 0) is 19.1 Å². The molecule has 0 spiro atoms. The van der Waals surface area contributed by atoms with Gasteiger partial charge in [0.05, 0.1) is 12.2 Å². The standard InChI is InChI=1S/C19H25NO6S2/c1-12(25-14(3)21)8-10-27-18(23)16-6-5-7-17(20-16)19(24)28-11-9-13(2)26-15(4)22/h5-7,12-13H,8-11H2,1-4H3. The Morgan fingerprint density at radius 3 is 1.61 bits per heavy atom. The summed E-state index contributed by atoms with van der Waals surface area (Å²) in [7, 11) is 0. The molecule has 28 heavy (non-hydrogen) atoms. The van der Waals surface area contributed by atoms with E-state index in [1.54, 1.807) is 32.0 Å². The van der Waals surface area contributed by atoms with Crippen LogP contribution in [0.25, 0.3) is 0 Å². The molecule has 7 nitrogen and oxygen atoms in total. The second kappa shape index (κ2) is 12.6. The maximum absolute atomic E-state index is 12.3. The molecule has 0 aliphatic rings. The Hall–Kier alpha value is -1.87. The summed E-state index contributed by atoms with van der Waals surface area (Å²) in [5.74, 6) is 0.263. The molecule has 1 rings (SSSR count). The largest absolute Gasteiger partial charge is 0.463 e. The van der Waals surface area contributed by atoms with Crippen LogP contribution in [0.1, 0.15) is 61.5 Å². The second-order valence-corrected chi connectivity index (χ2v) is 8.23. The fourth-order valence-electron chi connectivity index (χ4n) is 2.13. The van der Waals surface area contributed by atoms with Gasteiger partial charge in [0.25, 0.3) is 0 Å². The van der Waals surface area contributed by atoms with Crippen LogP contribution < -0.4 is 0 Å². The molecule has 2 atom stereocenters. The van der Waals surface area contributed by atoms with Gasteiger partial charge < -0.3 is 9.47 Å². The van der Waals surface area contributed by atoms with E-state index in [-0.39, 0.29) is 45.8 Å². The van der Waals surface area contributed by atoms with E-state index in [0.717, 1.165) is 23.5 Å². The van der Waals surface area contributed by atoms with Crippen molar-refractivity contribution in [2.45, 2.75) is 52.7 Å². The summed E-state index contributed by atoms with van der Waals surface area (Å²) in [5.41, 5.74) is 0.426. The third kappa shape index (κ3) is 9.89. The Bertz CT molecular complexity index is 654. The van der Waals surface area contributed by atoms with Crippen LogP contribution in [0.15, 0.2) is 18.2 Å². The van der Waals surface area contributed by atoms with E-state index < -0.39 is 0 Å². The Morgan fingerprint density at radius 1 is 0.857 bits per heavy atom. The lowest BCUT2D eigenvalue weighted by atomic mass is 10.3. The van der Waals surface area contributed by atoms with Crippen molar-refractivity contribution in [2.24, 2.45) is 0 Å². The highest BCUT2D eigenvalue weighted by molar-refractivity contribution is 8.14. The lowest BCUT2D eigenvalue weighted by Gasteiger charge is -2.11. The third-order valence-electron chi connectivity index (χ3n) is 3.42. The molecule has 0 aliphatic heterocycles. The number of carbonyl (C=O) groups is 4. The summed E-state index contributed by atoms with van der Waals surface area (Å²) in [5, 5.41) is -0.476. The molecule has 0 saturated heterocycles. The number of nitrogens with zero attached hydrogens (tertiary/aromatic N) is 1. The molecule has 154 valence electrons. The number of rotatable bonds is 10. The fraction of sp³-hybridized carbons (Fsp3) is 0.526. The number of esters is 2. The van der Waals surface area contributed by atoms with Gasteiger partial charge in [0.2, 0.25) is 10.2 Å². The van der Waals surface area contributed by atoms with E-state index in [0.29, 0.717) is 24.3 Å². The molecular weight excluding hydrogens is 402 g/mol. The highest BCUT2D eigenvalue weighted by Gasteiger charge is 2.15.